The maximum absolute atomic E-state index is 13.5. The number of halogens is 5. The molecule has 0 aliphatic rings. The van der Waals surface area contributed by atoms with Gasteiger partial charge >= 0.3 is 0 Å². The highest BCUT2D eigenvalue weighted by molar-refractivity contribution is 7.81. The molecule has 0 fully saturated rings. The fourth-order valence-electron chi connectivity index (χ4n) is 1.44. The second-order valence-electron chi connectivity index (χ2n) is 3.33. The molecule has 0 spiro atoms. The van der Waals surface area contributed by atoms with Gasteiger partial charge in [0.25, 0.3) is 0 Å². The molecule has 0 amide bonds. The van der Waals surface area contributed by atoms with Crippen molar-refractivity contribution in [2.45, 2.75) is 4.90 Å². The van der Waals surface area contributed by atoms with E-state index in [-0.39, 0.29) is 19.5 Å². The van der Waals surface area contributed by atoms with Crippen LogP contribution in [0.15, 0.2) is 4.90 Å². The maximum atomic E-state index is 13.5. The zero-order valence-corrected chi connectivity index (χ0v) is 10.7. The van der Waals surface area contributed by atoms with Crippen LogP contribution in [0, 0.1) is 38.1 Å². The first-order chi connectivity index (χ1) is 8.29. The van der Waals surface area contributed by atoms with Gasteiger partial charge < -0.3 is 0 Å². The SMILES string of the molecule is Fc1c(F)c(F)c(-c2c(S)c(=S)c2=S)c(F)c1F. The standard InChI is InChI=1S/C10HF5S3/c11-3-1(2-8(16)10(18)9(2)17)4(12)6(14)7(15)5(3)13/h16H. The van der Waals surface area contributed by atoms with Crippen molar-refractivity contribution in [3.8, 4) is 11.1 Å². The van der Waals surface area contributed by atoms with Gasteiger partial charge in [0.05, 0.1) is 14.6 Å². The first-order valence-electron chi connectivity index (χ1n) is 4.33. The van der Waals surface area contributed by atoms with E-state index in [1.165, 1.54) is 0 Å². The lowest BCUT2D eigenvalue weighted by atomic mass is 10.0. The highest BCUT2D eigenvalue weighted by Gasteiger charge is 2.29. The Bertz CT molecular complexity index is 714. The molecule has 0 atom stereocenters. The average molecular weight is 312 g/mol. The smallest absolute Gasteiger partial charge is 0.200 e. The number of rotatable bonds is 1. The third-order valence-corrected chi connectivity index (χ3v) is 3.89. The highest BCUT2D eigenvalue weighted by atomic mass is 32.1. The lowest BCUT2D eigenvalue weighted by molar-refractivity contribution is 0.381. The van der Waals surface area contributed by atoms with Crippen LogP contribution in [0.4, 0.5) is 22.0 Å². The summed E-state index contributed by atoms with van der Waals surface area (Å²) < 4.78 is 65.6. The van der Waals surface area contributed by atoms with Crippen molar-refractivity contribution in [1.29, 1.82) is 0 Å². The van der Waals surface area contributed by atoms with Crippen LogP contribution >= 0.6 is 37.1 Å². The molecular weight excluding hydrogens is 311 g/mol. The number of hydrogen-bond donors (Lipinski definition) is 1. The van der Waals surface area contributed by atoms with Crippen molar-refractivity contribution in [2.75, 3.05) is 0 Å². The third kappa shape index (κ3) is 1.63. The van der Waals surface area contributed by atoms with Gasteiger partial charge in [-0.2, -0.15) is 0 Å². The molecule has 18 heavy (non-hydrogen) atoms. The summed E-state index contributed by atoms with van der Waals surface area (Å²) in [5.41, 5.74) is -1.42. The molecular formula is C10HF5S3. The first kappa shape index (κ1) is 13.6. The summed E-state index contributed by atoms with van der Waals surface area (Å²) in [6, 6.07) is 0. The van der Waals surface area contributed by atoms with E-state index in [0.29, 0.717) is 0 Å². The van der Waals surface area contributed by atoms with Crippen LogP contribution in [0.1, 0.15) is 0 Å². The van der Waals surface area contributed by atoms with Crippen molar-refractivity contribution in [1.82, 2.24) is 0 Å². The number of benzene rings is 1. The summed E-state index contributed by atoms with van der Waals surface area (Å²) >= 11 is 13.2. The minimum Gasteiger partial charge on any atom is -0.203 e. The molecule has 2 rings (SSSR count). The normalized spacial score (nSPS) is 11.2. The van der Waals surface area contributed by atoms with Crippen LogP contribution in [-0.2, 0) is 0 Å². The molecule has 0 heterocycles. The second-order valence-corrected chi connectivity index (χ2v) is 4.59. The zero-order chi connectivity index (χ0) is 13.8. The van der Waals surface area contributed by atoms with Crippen LogP contribution in [0.25, 0.3) is 11.1 Å². The molecule has 8 heteroatoms. The van der Waals surface area contributed by atoms with Gasteiger partial charge in [-0.25, -0.2) is 22.0 Å². The molecule has 0 saturated carbocycles. The zero-order valence-electron chi connectivity index (χ0n) is 8.15. The van der Waals surface area contributed by atoms with E-state index in [2.05, 4.69) is 12.6 Å². The fraction of sp³-hybridized carbons (Fsp3) is 0. The molecule has 0 unspecified atom stereocenters. The van der Waals surface area contributed by atoms with Gasteiger partial charge in [0.1, 0.15) is 0 Å². The van der Waals surface area contributed by atoms with Crippen LogP contribution < -0.4 is 0 Å². The summed E-state index contributed by atoms with van der Waals surface area (Å²) in [6.45, 7) is 0. The largest absolute Gasteiger partial charge is 0.203 e. The summed E-state index contributed by atoms with van der Waals surface area (Å²) in [7, 11) is 0. The lowest BCUT2D eigenvalue weighted by Crippen LogP contribution is -2.06. The van der Waals surface area contributed by atoms with E-state index in [1.54, 1.807) is 0 Å². The maximum Gasteiger partial charge on any atom is 0.200 e. The van der Waals surface area contributed by atoms with Crippen LogP contribution in [-0.4, -0.2) is 0 Å². The van der Waals surface area contributed by atoms with E-state index >= 15 is 0 Å². The Morgan fingerprint density at radius 1 is 0.611 bits per heavy atom. The molecule has 2 aromatic rings. The van der Waals surface area contributed by atoms with Crippen molar-refractivity contribution < 1.29 is 22.0 Å². The van der Waals surface area contributed by atoms with Gasteiger partial charge in [0, 0.05) is 10.5 Å². The van der Waals surface area contributed by atoms with Gasteiger partial charge in [-0.05, 0) is 0 Å². The van der Waals surface area contributed by atoms with E-state index in [9.17, 15) is 22.0 Å². The Labute approximate surface area is 113 Å². The quantitative estimate of drug-likeness (QED) is 0.267. The topological polar surface area (TPSA) is 0 Å². The van der Waals surface area contributed by atoms with Crippen LogP contribution in [0.3, 0.4) is 0 Å². The molecule has 94 valence electrons. The number of thiol groups is 1. The third-order valence-electron chi connectivity index (χ3n) is 2.34. The van der Waals surface area contributed by atoms with E-state index < -0.39 is 34.6 Å². The molecule has 0 saturated heterocycles. The molecule has 0 aliphatic carbocycles. The monoisotopic (exact) mass is 312 g/mol. The van der Waals surface area contributed by atoms with Crippen molar-refractivity contribution in [2.24, 2.45) is 0 Å². The van der Waals surface area contributed by atoms with Gasteiger partial charge in [-0.15, -0.1) is 12.6 Å². The molecule has 0 aliphatic heterocycles. The lowest BCUT2D eigenvalue weighted by Gasteiger charge is -2.13. The van der Waals surface area contributed by atoms with Crippen molar-refractivity contribution in [3.63, 3.8) is 0 Å². The molecule has 0 aromatic heterocycles. The molecule has 0 radical (unpaired) electrons. The highest BCUT2D eigenvalue weighted by Crippen LogP contribution is 2.39. The summed E-state index contributed by atoms with van der Waals surface area (Å²) in [4.78, 5) is -0.0572. The van der Waals surface area contributed by atoms with E-state index in [0.717, 1.165) is 0 Å². The summed E-state index contributed by atoms with van der Waals surface area (Å²) in [5.74, 6) is -10.2. The van der Waals surface area contributed by atoms with Gasteiger partial charge in [-0.1, -0.05) is 24.4 Å². The fourth-order valence-corrected chi connectivity index (χ4v) is 2.43. The molecule has 0 N–H and O–H groups in total. The van der Waals surface area contributed by atoms with Crippen LogP contribution in [0.2, 0.25) is 0 Å². The van der Waals surface area contributed by atoms with Crippen molar-refractivity contribution >= 4 is 37.1 Å². The Morgan fingerprint density at radius 2 is 1.00 bits per heavy atom. The minimum atomic E-state index is -2.22. The van der Waals surface area contributed by atoms with E-state index in [4.69, 9.17) is 24.4 Å². The van der Waals surface area contributed by atoms with Gasteiger partial charge in [-0.3, -0.25) is 0 Å². The van der Waals surface area contributed by atoms with Crippen LogP contribution in [0.5, 0.6) is 0 Å². The Morgan fingerprint density at radius 3 is 1.39 bits per heavy atom. The average Bonchev–Trinajstić information content (AvgIpc) is 2.37. The Kier molecular flexibility index (Phi) is 3.28. The second kappa shape index (κ2) is 4.36. The molecule has 2 aromatic carbocycles. The first-order valence-corrected chi connectivity index (χ1v) is 5.59. The van der Waals surface area contributed by atoms with Crippen molar-refractivity contribution in [3.05, 3.63) is 38.1 Å². The molecule has 0 nitrogen and oxygen atoms in total. The summed E-state index contributed by atoms with van der Waals surface area (Å²) in [6.07, 6.45) is 0. The number of hydrogen-bond acceptors (Lipinski definition) is 3. The van der Waals surface area contributed by atoms with E-state index in [1.807, 2.05) is 0 Å². The van der Waals surface area contributed by atoms with Gasteiger partial charge in [0.15, 0.2) is 23.3 Å². The predicted molar refractivity (Wildman–Crippen MR) is 63.0 cm³/mol. The predicted octanol–water partition coefficient (Wildman–Crippen LogP) is 4.67. The Balaban J connectivity index is 2.91. The minimum absolute atomic E-state index is 0.0572. The summed E-state index contributed by atoms with van der Waals surface area (Å²) in [5, 5.41) is 0. The Hall–Kier alpha value is -0.860. The van der Waals surface area contributed by atoms with Gasteiger partial charge in [0.2, 0.25) is 5.82 Å². The molecule has 0 bridgehead atoms.